The highest BCUT2D eigenvalue weighted by Crippen LogP contribution is 2.37. The van der Waals surface area contributed by atoms with E-state index < -0.39 is 0 Å². The zero-order valence-electron chi connectivity index (χ0n) is 12.9. The van der Waals surface area contributed by atoms with Crippen molar-refractivity contribution in [2.75, 3.05) is 6.61 Å². The maximum Gasteiger partial charge on any atom is 0.159 e. The van der Waals surface area contributed by atoms with Gasteiger partial charge in [0.15, 0.2) is 11.6 Å². The molecule has 20 heavy (non-hydrogen) atoms. The van der Waals surface area contributed by atoms with E-state index in [-0.39, 0.29) is 5.60 Å². The summed E-state index contributed by atoms with van der Waals surface area (Å²) >= 11 is 0. The number of ether oxygens (including phenoxy) is 1. The van der Waals surface area contributed by atoms with Crippen LogP contribution in [0, 0.1) is 0 Å². The zero-order chi connectivity index (χ0) is 14.0. The van der Waals surface area contributed by atoms with Crippen molar-refractivity contribution in [1.29, 1.82) is 0 Å². The van der Waals surface area contributed by atoms with Gasteiger partial charge in [-0.3, -0.25) is 0 Å². The van der Waals surface area contributed by atoms with Crippen molar-refractivity contribution in [3.8, 4) is 0 Å². The van der Waals surface area contributed by atoms with E-state index in [1.165, 1.54) is 32.1 Å². The van der Waals surface area contributed by atoms with Gasteiger partial charge in [-0.15, -0.1) is 0 Å². The third kappa shape index (κ3) is 2.62. The van der Waals surface area contributed by atoms with Crippen LogP contribution in [0.25, 0.3) is 0 Å². The molecule has 1 atom stereocenters. The minimum absolute atomic E-state index is 0.211. The van der Waals surface area contributed by atoms with Gasteiger partial charge in [0.1, 0.15) is 5.60 Å². The molecule has 1 aliphatic heterocycles. The van der Waals surface area contributed by atoms with E-state index in [2.05, 4.69) is 18.5 Å². The first-order valence-electron chi connectivity index (χ1n) is 8.32. The van der Waals surface area contributed by atoms with Crippen LogP contribution in [0.15, 0.2) is 0 Å². The molecule has 4 heteroatoms. The Labute approximate surface area is 121 Å². The van der Waals surface area contributed by atoms with Crippen LogP contribution in [0.5, 0.6) is 0 Å². The number of rotatable bonds is 5. The highest BCUT2D eigenvalue weighted by atomic mass is 16.5. The summed E-state index contributed by atoms with van der Waals surface area (Å²) in [6, 6.07) is 0. The molecule has 2 fully saturated rings. The summed E-state index contributed by atoms with van der Waals surface area (Å²) in [4.78, 5) is 4.93. The number of aryl methyl sites for hydroxylation is 1. The van der Waals surface area contributed by atoms with Crippen molar-refractivity contribution in [3.63, 3.8) is 0 Å². The van der Waals surface area contributed by atoms with Gasteiger partial charge in [0.25, 0.3) is 0 Å². The molecular formula is C16H27N3O. The van der Waals surface area contributed by atoms with E-state index in [4.69, 9.17) is 14.8 Å². The highest BCUT2D eigenvalue weighted by Gasteiger charge is 2.38. The molecule has 1 aromatic heterocycles. The van der Waals surface area contributed by atoms with E-state index >= 15 is 0 Å². The predicted octanol–water partition coefficient (Wildman–Crippen LogP) is 3.76. The highest BCUT2D eigenvalue weighted by molar-refractivity contribution is 5.09. The fourth-order valence-electron chi connectivity index (χ4n) is 3.53. The van der Waals surface area contributed by atoms with Crippen molar-refractivity contribution in [1.82, 2.24) is 14.8 Å². The summed E-state index contributed by atoms with van der Waals surface area (Å²) in [7, 11) is 0. The SMILES string of the molecule is CCCCn1nc(C2CCCC2)nc1[C@]1(C)CCCO1. The van der Waals surface area contributed by atoms with Gasteiger partial charge >= 0.3 is 0 Å². The lowest BCUT2D eigenvalue weighted by molar-refractivity contribution is 0.00551. The molecule has 0 unspecified atom stereocenters. The maximum absolute atomic E-state index is 6.00. The molecule has 2 heterocycles. The van der Waals surface area contributed by atoms with E-state index in [9.17, 15) is 0 Å². The van der Waals surface area contributed by atoms with Gasteiger partial charge in [-0.05, 0) is 39.0 Å². The lowest BCUT2D eigenvalue weighted by Gasteiger charge is -2.22. The fraction of sp³-hybridized carbons (Fsp3) is 0.875. The first kappa shape index (κ1) is 14.1. The van der Waals surface area contributed by atoms with Crippen molar-refractivity contribution < 1.29 is 4.74 Å². The van der Waals surface area contributed by atoms with Crippen molar-refractivity contribution in [2.24, 2.45) is 0 Å². The van der Waals surface area contributed by atoms with E-state index in [0.717, 1.165) is 44.1 Å². The Morgan fingerprint density at radius 2 is 2.10 bits per heavy atom. The molecule has 0 spiro atoms. The number of unbranched alkanes of at least 4 members (excludes halogenated alkanes) is 1. The second-order valence-electron chi connectivity index (χ2n) is 6.53. The predicted molar refractivity (Wildman–Crippen MR) is 78.7 cm³/mol. The summed E-state index contributed by atoms with van der Waals surface area (Å²) < 4.78 is 8.14. The van der Waals surface area contributed by atoms with Crippen LogP contribution in [0.3, 0.4) is 0 Å². The van der Waals surface area contributed by atoms with Crippen LogP contribution in [0.1, 0.15) is 82.8 Å². The summed E-state index contributed by atoms with van der Waals surface area (Å²) in [5, 5.41) is 4.85. The standard InChI is InChI=1S/C16H27N3O/c1-3-4-11-19-15(16(2)10-7-12-20-16)17-14(18-19)13-8-5-6-9-13/h13H,3-12H2,1-2H3/t16-/m0/s1. The van der Waals surface area contributed by atoms with E-state index in [1.807, 2.05) is 0 Å². The van der Waals surface area contributed by atoms with Crippen LogP contribution in [-0.4, -0.2) is 21.4 Å². The summed E-state index contributed by atoms with van der Waals surface area (Å²) in [5.41, 5.74) is -0.211. The second kappa shape index (κ2) is 5.84. The normalized spacial score (nSPS) is 27.5. The maximum atomic E-state index is 6.00. The van der Waals surface area contributed by atoms with Crippen molar-refractivity contribution in [3.05, 3.63) is 11.6 Å². The first-order valence-corrected chi connectivity index (χ1v) is 8.32. The van der Waals surface area contributed by atoms with Gasteiger partial charge in [-0.25, -0.2) is 9.67 Å². The lowest BCUT2D eigenvalue weighted by Crippen LogP contribution is -2.26. The van der Waals surface area contributed by atoms with Crippen molar-refractivity contribution in [2.45, 2.75) is 83.3 Å². The lowest BCUT2D eigenvalue weighted by atomic mass is 10.0. The third-order valence-electron chi connectivity index (χ3n) is 4.82. The largest absolute Gasteiger partial charge is 0.367 e. The molecule has 1 aromatic rings. The third-order valence-corrected chi connectivity index (χ3v) is 4.82. The smallest absolute Gasteiger partial charge is 0.159 e. The number of nitrogens with zero attached hydrogens (tertiary/aromatic N) is 3. The zero-order valence-corrected chi connectivity index (χ0v) is 12.9. The Hall–Kier alpha value is -0.900. The van der Waals surface area contributed by atoms with Crippen LogP contribution in [-0.2, 0) is 16.9 Å². The topological polar surface area (TPSA) is 39.9 Å². The van der Waals surface area contributed by atoms with Gasteiger partial charge in [-0.2, -0.15) is 5.10 Å². The molecule has 1 aliphatic carbocycles. The first-order chi connectivity index (χ1) is 9.73. The molecule has 1 saturated carbocycles. The molecule has 3 rings (SSSR count). The van der Waals surface area contributed by atoms with E-state index in [0.29, 0.717) is 5.92 Å². The molecule has 0 amide bonds. The molecule has 0 radical (unpaired) electrons. The molecule has 0 bridgehead atoms. The average molecular weight is 277 g/mol. The van der Waals surface area contributed by atoms with Gasteiger partial charge in [0.2, 0.25) is 0 Å². The fourth-order valence-corrected chi connectivity index (χ4v) is 3.53. The van der Waals surface area contributed by atoms with Gasteiger partial charge in [0.05, 0.1) is 0 Å². The van der Waals surface area contributed by atoms with Crippen LogP contribution < -0.4 is 0 Å². The van der Waals surface area contributed by atoms with Crippen LogP contribution >= 0.6 is 0 Å². The van der Waals surface area contributed by atoms with E-state index in [1.54, 1.807) is 0 Å². The Morgan fingerprint density at radius 1 is 1.30 bits per heavy atom. The summed E-state index contributed by atoms with van der Waals surface area (Å²) in [5.74, 6) is 2.73. The Morgan fingerprint density at radius 3 is 2.75 bits per heavy atom. The molecule has 0 aromatic carbocycles. The quantitative estimate of drug-likeness (QED) is 0.822. The number of aromatic nitrogens is 3. The number of hydrogen-bond acceptors (Lipinski definition) is 3. The minimum atomic E-state index is -0.211. The Kier molecular flexibility index (Phi) is 4.11. The molecular weight excluding hydrogens is 250 g/mol. The monoisotopic (exact) mass is 277 g/mol. The Balaban J connectivity index is 1.88. The summed E-state index contributed by atoms with van der Waals surface area (Å²) in [6.07, 6.45) is 9.74. The summed E-state index contributed by atoms with van der Waals surface area (Å²) in [6.45, 7) is 6.24. The molecule has 2 aliphatic rings. The van der Waals surface area contributed by atoms with Gasteiger partial charge < -0.3 is 4.74 Å². The van der Waals surface area contributed by atoms with Crippen LogP contribution in [0.2, 0.25) is 0 Å². The molecule has 112 valence electrons. The van der Waals surface area contributed by atoms with Crippen LogP contribution in [0.4, 0.5) is 0 Å². The molecule has 4 nitrogen and oxygen atoms in total. The number of hydrogen-bond donors (Lipinski definition) is 0. The Bertz CT molecular complexity index is 443. The minimum Gasteiger partial charge on any atom is -0.367 e. The van der Waals surface area contributed by atoms with Gasteiger partial charge in [-0.1, -0.05) is 26.2 Å². The molecule has 1 saturated heterocycles. The molecule has 0 N–H and O–H groups in total. The van der Waals surface area contributed by atoms with Gasteiger partial charge in [0, 0.05) is 19.1 Å². The average Bonchev–Trinajstić information content (AvgIpc) is 3.16. The second-order valence-corrected chi connectivity index (χ2v) is 6.53. The van der Waals surface area contributed by atoms with Crippen molar-refractivity contribution >= 4 is 0 Å².